The molecule has 0 bridgehead atoms. The van der Waals surface area contributed by atoms with Crippen molar-refractivity contribution in [2.24, 2.45) is 5.73 Å². The molecule has 4 nitrogen and oxygen atoms in total. The van der Waals surface area contributed by atoms with E-state index in [9.17, 15) is 0 Å². The van der Waals surface area contributed by atoms with Crippen molar-refractivity contribution in [2.75, 3.05) is 20.3 Å². The molecule has 2 atom stereocenters. The molecule has 4 heteroatoms. The SMILES string of the molecule is CCC(N)C(OCCCOC)c1ccccn1. The second kappa shape index (κ2) is 8.17. The van der Waals surface area contributed by atoms with Crippen LogP contribution in [0.25, 0.3) is 0 Å². The van der Waals surface area contributed by atoms with Crippen molar-refractivity contribution in [1.82, 2.24) is 4.98 Å². The third kappa shape index (κ3) is 4.81. The Morgan fingerprint density at radius 1 is 1.35 bits per heavy atom. The lowest BCUT2D eigenvalue weighted by atomic mass is 10.1. The van der Waals surface area contributed by atoms with Crippen molar-refractivity contribution in [3.8, 4) is 0 Å². The van der Waals surface area contributed by atoms with E-state index in [-0.39, 0.29) is 12.1 Å². The zero-order valence-electron chi connectivity index (χ0n) is 10.6. The van der Waals surface area contributed by atoms with E-state index >= 15 is 0 Å². The third-order valence-electron chi connectivity index (χ3n) is 2.63. The van der Waals surface area contributed by atoms with Gasteiger partial charge in [0.1, 0.15) is 6.10 Å². The largest absolute Gasteiger partial charge is 0.385 e. The molecule has 1 aromatic heterocycles. The Bertz CT molecular complexity index is 293. The van der Waals surface area contributed by atoms with E-state index in [0.717, 1.165) is 18.5 Å². The molecule has 0 saturated heterocycles. The first-order valence-corrected chi connectivity index (χ1v) is 6.06. The summed E-state index contributed by atoms with van der Waals surface area (Å²) in [5.41, 5.74) is 6.97. The molecule has 0 aliphatic heterocycles. The van der Waals surface area contributed by atoms with Crippen LogP contribution in [0.15, 0.2) is 24.4 Å². The summed E-state index contributed by atoms with van der Waals surface area (Å²) in [5.74, 6) is 0. The van der Waals surface area contributed by atoms with E-state index in [1.54, 1.807) is 13.3 Å². The van der Waals surface area contributed by atoms with Crippen LogP contribution in [-0.4, -0.2) is 31.3 Å². The second-order valence-corrected chi connectivity index (χ2v) is 3.96. The lowest BCUT2D eigenvalue weighted by molar-refractivity contribution is 0.0197. The third-order valence-corrected chi connectivity index (χ3v) is 2.63. The maximum atomic E-state index is 6.07. The Labute approximate surface area is 103 Å². The number of ether oxygens (including phenoxy) is 2. The van der Waals surface area contributed by atoms with Crippen LogP contribution in [0.2, 0.25) is 0 Å². The van der Waals surface area contributed by atoms with Gasteiger partial charge >= 0.3 is 0 Å². The van der Waals surface area contributed by atoms with Gasteiger partial charge < -0.3 is 15.2 Å². The van der Waals surface area contributed by atoms with Gasteiger partial charge in [-0.3, -0.25) is 4.98 Å². The molecule has 2 N–H and O–H groups in total. The van der Waals surface area contributed by atoms with Crippen LogP contribution >= 0.6 is 0 Å². The zero-order valence-corrected chi connectivity index (χ0v) is 10.6. The molecule has 1 aromatic rings. The van der Waals surface area contributed by atoms with Crippen molar-refractivity contribution < 1.29 is 9.47 Å². The van der Waals surface area contributed by atoms with Gasteiger partial charge in [0.15, 0.2) is 0 Å². The number of pyridine rings is 1. The van der Waals surface area contributed by atoms with E-state index in [0.29, 0.717) is 13.2 Å². The molecule has 0 aliphatic carbocycles. The van der Waals surface area contributed by atoms with Gasteiger partial charge in [0.2, 0.25) is 0 Å². The summed E-state index contributed by atoms with van der Waals surface area (Å²) in [4.78, 5) is 4.31. The minimum absolute atomic E-state index is 0.0209. The minimum atomic E-state index is -0.127. The number of methoxy groups -OCH3 is 1. The van der Waals surface area contributed by atoms with Crippen molar-refractivity contribution in [3.63, 3.8) is 0 Å². The number of nitrogens with zero attached hydrogens (tertiary/aromatic N) is 1. The quantitative estimate of drug-likeness (QED) is 0.703. The zero-order chi connectivity index (χ0) is 12.5. The molecule has 0 aromatic carbocycles. The van der Waals surface area contributed by atoms with Gasteiger partial charge in [0.25, 0.3) is 0 Å². The molecule has 17 heavy (non-hydrogen) atoms. The highest BCUT2D eigenvalue weighted by molar-refractivity contribution is 5.09. The van der Waals surface area contributed by atoms with Crippen LogP contribution < -0.4 is 5.73 Å². The molecule has 0 radical (unpaired) electrons. The summed E-state index contributed by atoms with van der Waals surface area (Å²) in [6.45, 7) is 3.40. The van der Waals surface area contributed by atoms with Crippen molar-refractivity contribution >= 4 is 0 Å². The first kappa shape index (κ1) is 14.1. The number of rotatable bonds is 8. The lowest BCUT2D eigenvalue weighted by Gasteiger charge is -2.22. The Hall–Kier alpha value is -0.970. The molecule has 0 saturated carbocycles. The molecular weight excluding hydrogens is 216 g/mol. The molecular formula is C13H22N2O2. The van der Waals surface area contributed by atoms with Crippen LogP contribution in [-0.2, 0) is 9.47 Å². The van der Waals surface area contributed by atoms with Crippen molar-refractivity contribution in [3.05, 3.63) is 30.1 Å². The van der Waals surface area contributed by atoms with Crippen molar-refractivity contribution in [1.29, 1.82) is 0 Å². The van der Waals surface area contributed by atoms with Gasteiger partial charge in [-0.25, -0.2) is 0 Å². The fourth-order valence-electron chi connectivity index (χ4n) is 1.60. The maximum absolute atomic E-state index is 6.07. The van der Waals surface area contributed by atoms with E-state index in [1.807, 2.05) is 18.2 Å². The van der Waals surface area contributed by atoms with E-state index in [2.05, 4.69) is 11.9 Å². The van der Waals surface area contributed by atoms with Crippen LogP contribution in [0.1, 0.15) is 31.6 Å². The molecule has 1 heterocycles. The van der Waals surface area contributed by atoms with Crippen LogP contribution in [0.3, 0.4) is 0 Å². The van der Waals surface area contributed by atoms with E-state index < -0.39 is 0 Å². The normalized spacial score (nSPS) is 14.5. The summed E-state index contributed by atoms with van der Waals surface area (Å²) in [5, 5.41) is 0. The summed E-state index contributed by atoms with van der Waals surface area (Å²) < 4.78 is 10.8. The highest BCUT2D eigenvalue weighted by Gasteiger charge is 2.19. The predicted octanol–water partition coefficient (Wildman–Crippen LogP) is 1.91. The molecule has 0 aliphatic rings. The summed E-state index contributed by atoms with van der Waals surface area (Å²) >= 11 is 0. The number of hydrogen-bond donors (Lipinski definition) is 1. The van der Waals surface area contributed by atoms with Gasteiger partial charge in [-0.2, -0.15) is 0 Å². The minimum Gasteiger partial charge on any atom is -0.385 e. The summed E-state index contributed by atoms with van der Waals surface area (Å²) in [6, 6.07) is 5.78. The van der Waals surface area contributed by atoms with Gasteiger partial charge in [-0.05, 0) is 25.0 Å². The monoisotopic (exact) mass is 238 g/mol. The fraction of sp³-hybridized carbons (Fsp3) is 0.615. The predicted molar refractivity (Wildman–Crippen MR) is 67.7 cm³/mol. The maximum Gasteiger partial charge on any atom is 0.114 e. The second-order valence-electron chi connectivity index (χ2n) is 3.96. The highest BCUT2D eigenvalue weighted by Crippen LogP contribution is 2.19. The van der Waals surface area contributed by atoms with Crippen LogP contribution in [0.4, 0.5) is 0 Å². The molecule has 1 rings (SSSR count). The number of hydrogen-bond acceptors (Lipinski definition) is 4. The van der Waals surface area contributed by atoms with Gasteiger partial charge in [-0.15, -0.1) is 0 Å². The highest BCUT2D eigenvalue weighted by atomic mass is 16.5. The van der Waals surface area contributed by atoms with E-state index in [1.165, 1.54) is 0 Å². The molecule has 2 unspecified atom stereocenters. The first-order chi connectivity index (χ1) is 8.29. The lowest BCUT2D eigenvalue weighted by Crippen LogP contribution is -2.30. The van der Waals surface area contributed by atoms with Gasteiger partial charge in [0, 0.05) is 32.6 Å². The Morgan fingerprint density at radius 3 is 2.76 bits per heavy atom. The Morgan fingerprint density at radius 2 is 2.18 bits per heavy atom. The van der Waals surface area contributed by atoms with Gasteiger partial charge in [0.05, 0.1) is 5.69 Å². The van der Waals surface area contributed by atoms with E-state index in [4.69, 9.17) is 15.2 Å². The average Bonchev–Trinajstić information content (AvgIpc) is 2.39. The molecule has 0 fully saturated rings. The smallest absolute Gasteiger partial charge is 0.114 e. The van der Waals surface area contributed by atoms with Crippen molar-refractivity contribution in [2.45, 2.75) is 31.9 Å². The first-order valence-electron chi connectivity index (χ1n) is 6.06. The average molecular weight is 238 g/mol. The molecule has 96 valence electrons. The summed E-state index contributed by atoms with van der Waals surface area (Å²) in [6.07, 6.45) is 3.38. The molecule has 0 spiro atoms. The topological polar surface area (TPSA) is 57.4 Å². The Balaban J connectivity index is 2.55. The van der Waals surface area contributed by atoms with Gasteiger partial charge in [-0.1, -0.05) is 13.0 Å². The number of aromatic nitrogens is 1. The number of nitrogens with two attached hydrogens (primary N) is 1. The van der Waals surface area contributed by atoms with Crippen LogP contribution in [0.5, 0.6) is 0 Å². The molecule has 0 amide bonds. The fourth-order valence-corrected chi connectivity index (χ4v) is 1.60. The summed E-state index contributed by atoms with van der Waals surface area (Å²) in [7, 11) is 1.69. The standard InChI is InChI=1S/C13H22N2O2/c1-3-11(14)13(17-10-6-9-16-2)12-7-4-5-8-15-12/h4-5,7-8,11,13H,3,6,9-10,14H2,1-2H3. The van der Waals surface area contributed by atoms with Crippen LogP contribution in [0, 0.1) is 0 Å². The Kier molecular flexibility index (Phi) is 6.77.